The lowest BCUT2D eigenvalue weighted by molar-refractivity contribution is -0.135. The normalized spacial score (nSPS) is 16.7. The molecule has 1 atom stereocenters. The quantitative estimate of drug-likeness (QED) is 0.596. The van der Waals surface area contributed by atoms with Crippen LogP contribution in [0.25, 0.3) is 17.0 Å². The Morgan fingerprint density at radius 3 is 2.69 bits per heavy atom. The van der Waals surface area contributed by atoms with Crippen LogP contribution in [0.5, 0.6) is 5.75 Å². The van der Waals surface area contributed by atoms with E-state index in [4.69, 9.17) is 16.3 Å². The van der Waals surface area contributed by atoms with E-state index in [1.54, 1.807) is 4.57 Å². The first kappa shape index (κ1) is 16.6. The van der Waals surface area contributed by atoms with Crippen LogP contribution in [0.4, 0.5) is 0 Å². The zero-order valence-electron chi connectivity index (χ0n) is 14.1. The Hall–Kier alpha value is -2.85. The highest BCUT2D eigenvalue weighted by atomic mass is 35.5. The first-order chi connectivity index (χ1) is 12.6. The van der Waals surface area contributed by atoms with Gasteiger partial charge in [0.1, 0.15) is 0 Å². The molecular formula is C21H16ClNO3. The first-order valence-electron chi connectivity index (χ1n) is 8.34. The number of nitrogens with zero attached hydrogens (tertiary/aromatic N) is 1. The lowest BCUT2D eigenvalue weighted by atomic mass is 9.96. The Morgan fingerprint density at radius 1 is 1.19 bits per heavy atom. The molecule has 0 spiro atoms. The number of rotatable bonds is 2. The predicted molar refractivity (Wildman–Crippen MR) is 102 cm³/mol. The number of benzene rings is 2. The number of allylic oxidation sites excluding steroid dienone is 1. The zero-order valence-corrected chi connectivity index (χ0v) is 14.9. The van der Waals surface area contributed by atoms with Gasteiger partial charge in [-0.05, 0) is 23.8 Å². The topological polar surface area (TPSA) is 48.3 Å². The molecule has 26 heavy (non-hydrogen) atoms. The SMILES string of the molecule is CC(=O)n1c2c(c3ccccc31)OC(=O)CC2C=Cc1ccccc1Cl. The minimum absolute atomic E-state index is 0.114. The van der Waals surface area contributed by atoms with Crippen molar-refractivity contribution in [3.63, 3.8) is 0 Å². The van der Waals surface area contributed by atoms with Gasteiger partial charge in [0.2, 0.25) is 5.91 Å². The fourth-order valence-corrected chi connectivity index (χ4v) is 3.63. The summed E-state index contributed by atoms with van der Waals surface area (Å²) in [5.74, 6) is -0.214. The number of carbonyl (C=O) groups excluding carboxylic acids is 2. The summed E-state index contributed by atoms with van der Waals surface area (Å²) in [7, 11) is 0. The van der Waals surface area contributed by atoms with Gasteiger partial charge in [0, 0.05) is 23.3 Å². The number of aromatic nitrogens is 1. The Bertz CT molecular complexity index is 1060. The molecule has 3 aromatic rings. The highest BCUT2D eigenvalue weighted by Crippen LogP contribution is 2.43. The van der Waals surface area contributed by atoms with Gasteiger partial charge in [-0.3, -0.25) is 14.2 Å². The average molecular weight is 366 g/mol. The predicted octanol–water partition coefficient (Wildman–Crippen LogP) is 5.06. The Labute approximate surface area is 155 Å². The second-order valence-corrected chi connectivity index (χ2v) is 6.66. The number of fused-ring (bicyclic) bond motifs is 3. The van der Waals surface area contributed by atoms with Crippen LogP contribution in [0.3, 0.4) is 0 Å². The van der Waals surface area contributed by atoms with Crippen molar-refractivity contribution in [2.75, 3.05) is 0 Å². The zero-order chi connectivity index (χ0) is 18.3. The number of carbonyl (C=O) groups is 2. The van der Waals surface area contributed by atoms with E-state index >= 15 is 0 Å². The third kappa shape index (κ3) is 2.72. The molecule has 1 aliphatic heterocycles. The minimum Gasteiger partial charge on any atom is -0.424 e. The molecule has 0 N–H and O–H groups in total. The van der Waals surface area contributed by atoms with Crippen LogP contribution in [-0.4, -0.2) is 16.4 Å². The Kier molecular flexibility index (Phi) is 4.13. The summed E-state index contributed by atoms with van der Waals surface area (Å²) in [6, 6.07) is 14.9. The first-order valence-corrected chi connectivity index (χ1v) is 8.71. The van der Waals surface area contributed by atoms with Crippen LogP contribution in [0.2, 0.25) is 5.02 Å². The number of ether oxygens (including phenoxy) is 1. The van der Waals surface area contributed by atoms with E-state index in [0.717, 1.165) is 16.5 Å². The monoisotopic (exact) mass is 365 g/mol. The van der Waals surface area contributed by atoms with Crippen LogP contribution in [0.15, 0.2) is 54.6 Å². The summed E-state index contributed by atoms with van der Waals surface area (Å²) in [6.07, 6.45) is 3.98. The largest absolute Gasteiger partial charge is 0.424 e. The lowest BCUT2D eigenvalue weighted by Gasteiger charge is -2.21. The molecule has 2 heterocycles. The van der Waals surface area contributed by atoms with Crippen molar-refractivity contribution in [3.8, 4) is 5.75 Å². The standard InChI is InChI=1S/C21H16ClNO3/c1-13(24)23-18-9-5-3-7-16(18)21-20(23)15(12-19(25)26-21)11-10-14-6-2-4-8-17(14)22/h2-11,15H,12H2,1H3. The molecule has 130 valence electrons. The van der Waals surface area contributed by atoms with Gasteiger partial charge in [0.15, 0.2) is 5.75 Å². The number of hydrogen-bond donors (Lipinski definition) is 0. The van der Waals surface area contributed by atoms with E-state index in [9.17, 15) is 9.59 Å². The van der Waals surface area contributed by atoms with Gasteiger partial charge in [-0.15, -0.1) is 0 Å². The highest BCUT2D eigenvalue weighted by Gasteiger charge is 2.33. The third-order valence-corrected chi connectivity index (χ3v) is 4.89. The van der Waals surface area contributed by atoms with Crippen LogP contribution in [-0.2, 0) is 4.79 Å². The van der Waals surface area contributed by atoms with Crippen molar-refractivity contribution >= 4 is 40.5 Å². The molecule has 0 radical (unpaired) electrons. The number of hydrogen-bond acceptors (Lipinski definition) is 3. The van der Waals surface area contributed by atoms with E-state index in [2.05, 4.69) is 0 Å². The summed E-state index contributed by atoms with van der Waals surface area (Å²) < 4.78 is 7.15. The van der Waals surface area contributed by atoms with Crippen LogP contribution < -0.4 is 4.74 Å². The fraction of sp³-hybridized carbons (Fsp3) is 0.143. The molecule has 4 rings (SSSR count). The maximum atomic E-state index is 12.3. The van der Waals surface area contributed by atoms with E-state index in [1.165, 1.54) is 6.92 Å². The van der Waals surface area contributed by atoms with Crippen LogP contribution in [0.1, 0.15) is 35.3 Å². The van der Waals surface area contributed by atoms with E-state index < -0.39 is 0 Å². The number of para-hydroxylation sites is 1. The van der Waals surface area contributed by atoms with Crippen LogP contribution in [0, 0.1) is 0 Å². The third-order valence-electron chi connectivity index (χ3n) is 4.55. The molecule has 2 aromatic carbocycles. The maximum absolute atomic E-state index is 12.3. The summed E-state index contributed by atoms with van der Waals surface area (Å²) >= 11 is 6.21. The number of halogens is 1. The van der Waals surface area contributed by atoms with Crippen molar-refractivity contribution in [1.29, 1.82) is 0 Å². The molecule has 4 nitrogen and oxygen atoms in total. The molecule has 1 unspecified atom stereocenters. The smallest absolute Gasteiger partial charge is 0.312 e. The van der Waals surface area contributed by atoms with Crippen molar-refractivity contribution < 1.29 is 14.3 Å². The molecule has 0 fully saturated rings. The van der Waals surface area contributed by atoms with Crippen LogP contribution >= 0.6 is 11.6 Å². The van der Waals surface area contributed by atoms with Gasteiger partial charge in [-0.25, -0.2) is 0 Å². The summed E-state index contributed by atoms with van der Waals surface area (Å²) in [4.78, 5) is 24.5. The Morgan fingerprint density at radius 2 is 1.92 bits per heavy atom. The van der Waals surface area contributed by atoms with Gasteiger partial charge in [0.05, 0.1) is 17.6 Å². The fourth-order valence-electron chi connectivity index (χ4n) is 3.43. The molecule has 1 aromatic heterocycles. The van der Waals surface area contributed by atoms with Gasteiger partial charge >= 0.3 is 5.97 Å². The van der Waals surface area contributed by atoms with E-state index in [0.29, 0.717) is 16.5 Å². The van der Waals surface area contributed by atoms with Gasteiger partial charge < -0.3 is 4.74 Å². The van der Waals surface area contributed by atoms with Crippen molar-refractivity contribution in [3.05, 3.63) is 70.9 Å². The molecule has 0 aliphatic carbocycles. The molecule has 5 heteroatoms. The van der Waals surface area contributed by atoms with Crippen molar-refractivity contribution in [2.24, 2.45) is 0 Å². The van der Waals surface area contributed by atoms with Gasteiger partial charge in [0.25, 0.3) is 0 Å². The maximum Gasteiger partial charge on any atom is 0.312 e. The number of esters is 1. The average Bonchev–Trinajstić information content (AvgIpc) is 2.95. The summed E-state index contributed by atoms with van der Waals surface area (Å²) in [5.41, 5.74) is 2.32. The van der Waals surface area contributed by atoms with Crippen molar-refractivity contribution in [2.45, 2.75) is 19.3 Å². The van der Waals surface area contributed by atoms with Gasteiger partial charge in [-0.1, -0.05) is 54.1 Å². The molecule has 0 saturated heterocycles. The van der Waals surface area contributed by atoms with Gasteiger partial charge in [-0.2, -0.15) is 0 Å². The van der Waals surface area contributed by atoms with E-state index in [1.807, 2.05) is 60.7 Å². The summed E-state index contributed by atoms with van der Waals surface area (Å²) in [5, 5.41) is 1.40. The second kappa shape index (κ2) is 6.46. The van der Waals surface area contributed by atoms with E-state index in [-0.39, 0.29) is 24.2 Å². The lowest BCUT2D eigenvalue weighted by Crippen LogP contribution is -2.22. The molecule has 0 amide bonds. The molecule has 0 bridgehead atoms. The minimum atomic E-state index is -0.308. The highest BCUT2D eigenvalue weighted by molar-refractivity contribution is 6.32. The Balaban J connectivity index is 1.89. The molecular weight excluding hydrogens is 350 g/mol. The second-order valence-electron chi connectivity index (χ2n) is 6.25. The van der Waals surface area contributed by atoms with Crippen molar-refractivity contribution in [1.82, 2.24) is 4.57 Å². The summed E-state index contributed by atoms with van der Waals surface area (Å²) in [6.45, 7) is 1.51. The molecule has 1 aliphatic rings. The molecule has 0 saturated carbocycles.